The smallest absolute Gasteiger partial charge is 0.310 e. The highest BCUT2D eigenvalue weighted by atomic mass is 35.5. The van der Waals surface area contributed by atoms with E-state index in [4.69, 9.17) is 27.9 Å². The van der Waals surface area contributed by atoms with E-state index >= 15 is 0 Å². The third-order valence-electron chi connectivity index (χ3n) is 3.52. The van der Waals surface area contributed by atoms with E-state index in [0.717, 1.165) is 0 Å². The first-order chi connectivity index (χ1) is 12.8. The van der Waals surface area contributed by atoms with Gasteiger partial charge in [0.25, 0.3) is 11.8 Å². The van der Waals surface area contributed by atoms with Crippen molar-refractivity contribution in [2.24, 2.45) is 0 Å². The summed E-state index contributed by atoms with van der Waals surface area (Å²) in [5.41, 5.74) is 1.64. The summed E-state index contributed by atoms with van der Waals surface area (Å²) in [7, 11) is 3.31. The Morgan fingerprint density at radius 3 is 2.26 bits per heavy atom. The first-order valence-corrected chi connectivity index (χ1v) is 8.73. The Morgan fingerprint density at radius 1 is 1.00 bits per heavy atom. The molecule has 1 N–H and O–H groups in total. The van der Waals surface area contributed by atoms with Crippen molar-refractivity contribution in [3.8, 4) is 0 Å². The van der Waals surface area contributed by atoms with E-state index in [0.29, 0.717) is 26.9 Å². The molecule has 0 saturated carbocycles. The predicted molar refractivity (Wildman–Crippen MR) is 104 cm³/mol. The third kappa shape index (κ3) is 6.27. The zero-order chi connectivity index (χ0) is 20.0. The molecule has 6 nitrogen and oxygen atoms in total. The normalized spacial score (nSPS) is 10.2. The molecular weight excluding hydrogens is 391 g/mol. The SMILES string of the molecule is CN(C)C(=O)c1ccc(NC(=O)COC(=O)Cc2ccc(Cl)c(Cl)c2)cc1. The van der Waals surface area contributed by atoms with Crippen LogP contribution in [0.2, 0.25) is 10.0 Å². The number of hydrogen-bond donors (Lipinski definition) is 1. The van der Waals surface area contributed by atoms with Gasteiger partial charge >= 0.3 is 5.97 Å². The number of carbonyl (C=O) groups is 3. The number of rotatable bonds is 6. The maximum absolute atomic E-state index is 11.9. The van der Waals surface area contributed by atoms with E-state index in [1.165, 1.54) is 4.90 Å². The lowest BCUT2D eigenvalue weighted by molar-refractivity contribution is -0.146. The van der Waals surface area contributed by atoms with E-state index in [1.807, 2.05) is 0 Å². The first-order valence-electron chi connectivity index (χ1n) is 7.97. The van der Waals surface area contributed by atoms with Crippen LogP contribution in [-0.4, -0.2) is 43.4 Å². The predicted octanol–water partition coefficient (Wildman–Crippen LogP) is 3.42. The molecule has 0 heterocycles. The van der Waals surface area contributed by atoms with E-state index in [9.17, 15) is 14.4 Å². The number of halogens is 2. The van der Waals surface area contributed by atoms with Gasteiger partial charge in [0.2, 0.25) is 0 Å². The van der Waals surface area contributed by atoms with Crippen molar-refractivity contribution in [2.45, 2.75) is 6.42 Å². The molecule has 0 radical (unpaired) electrons. The summed E-state index contributed by atoms with van der Waals surface area (Å²) >= 11 is 11.7. The molecule has 0 aromatic heterocycles. The number of ether oxygens (including phenoxy) is 1. The monoisotopic (exact) mass is 408 g/mol. The second-order valence-electron chi connectivity index (χ2n) is 5.91. The minimum atomic E-state index is -0.560. The van der Waals surface area contributed by atoms with Gasteiger partial charge < -0.3 is 15.0 Å². The molecule has 0 aliphatic heterocycles. The van der Waals surface area contributed by atoms with Crippen molar-refractivity contribution in [2.75, 3.05) is 26.0 Å². The van der Waals surface area contributed by atoms with E-state index in [2.05, 4.69) is 5.32 Å². The van der Waals surface area contributed by atoms with Gasteiger partial charge in [-0.15, -0.1) is 0 Å². The fourth-order valence-electron chi connectivity index (χ4n) is 2.16. The average molecular weight is 409 g/mol. The highest BCUT2D eigenvalue weighted by Crippen LogP contribution is 2.22. The molecule has 142 valence electrons. The van der Waals surface area contributed by atoms with Crippen LogP contribution in [-0.2, 0) is 20.7 Å². The Bertz CT molecular complexity index is 851. The molecular formula is C19H18Cl2N2O4. The van der Waals surface area contributed by atoms with Crippen LogP contribution in [0.15, 0.2) is 42.5 Å². The lowest BCUT2D eigenvalue weighted by atomic mass is 10.1. The molecule has 2 rings (SSSR count). The number of hydrogen-bond acceptors (Lipinski definition) is 4. The van der Waals surface area contributed by atoms with Gasteiger partial charge in [0.1, 0.15) is 0 Å². The Balaban J connectivity index is 1.82. The van der Waals surface area contributed by atoms with Crippen molar-refractivity contribution >= 4 is 46.7 Å². The Morgan fingerprint density at radius 2 is 1.67 bits per heavy atom. The maximum atomic E-state index is 11.9. The number of carbonyl (C=O) groups excluding carboxylic acids is 3. The molecule has 0 aliphatic carbocycles. The van der Waals surface area contributed by atoms with Crippen LogP contribution in [0.3, 0.4) is 0 Å². The third-order valence-corrected chi connectivity index (χ3v) is 4.26. The highest BCUT2D eigenvalue weighted by Gasteiger charge is 2.11. The average Bonchev–Trinajstić information content (AvgIpc) is 2.63. The molecule has 2 amide bonds. The summed E-state index contributed by atoms with van der Waals surface area (Å²) in [5, 5.41) is 3.33. The second-order valence-corrected chi connectivity index (χ2v) is 6.73. The van der Waals surface area contributed by atoms with Crippen LogP contribution in [0.25, 0.3) is 0 Å². The van der Waals surface area contributed by atoms with Crippen molar-refractivity contribution in [1.29, 1.82) is 0 Å². The molecule has 0 unspecified atom stereocenters. The number of anilines is 1. The summed E-state index contributed by atoms with van der Waals surface area (Å²) in [6, 6.07) is 11.2. The molecule has 0 bridgehead atoms. The Labute approximate surface area is 167 Å². The molecule has 0 spiro atoms. The van der Waals surface area contributed by atoms with Gasteiger partial charge in [-0.25, -0.2) is 0 Å². The number of amides is 2. The lowest BCUT2D eigenvalue weighted by Crippen LogP contribution is -2.22. The minimum Gasteiger partial charge on any atom is -0.455 e. The summed E-state index contributed by atoms with van der Waals surface area (Å²) in [6.07, 6.45) is -0.0223. The molecule has 0 fully saturated rings. The van der Waals surface area contributed by atoms with Crippen LogP contribution in [0, 0.1) is 0 Å². The van der Waals surface area contributed by atoms with E-state index < -0.39 is 18.5 Å². The van der Waals surface area contributed by atoms with Gasteiger partial charge in [-0.1, -0.05) is 29.3 Å². The number of nitrogens with zero attached hydrogens (tertiary/aromatic N) is 1. The second kappa shape index (κ2) is 9.39. The lowest BCUT2D eigenvalue weighted by Gasteiger charge is -2.11. The van der Waals surface area contributed by atoms with Crippen LogP contribution < -0.4 is 5.32 Å². The molecule has 0 atom stereocenters. The number of nitrogens with one attached hydrogen (secondary N) is 1. The van der Waals surface area contributed by atoms with Gasteiger partial charge in [-0.05, 0) is 42.0 Å². The van der Waals surface area contributed by atoms with Crippen molar-refractivity contribution in [3.05, 3.63) is 63.6 Å². The first kappa shape index (κ1) is 20.7. The van der Waals surface area contributed by atoms with Crippen molar-refractivity contribution in [3.63, 3.8) is 0 Å². The maximum Gasteiger partial charge on any atom is 0.310 e. The number of esters is 1. The molecule has 0 saturated heterocycles. The van der Waals surface area contributed by atoms with Crippen LogP contribution in [0.5, 0.6) is 0 Å². The molecule has 0 aliphatic rings. The van der Waals surface area contributed by atoms with Gasteiger partial charge in [-0.3, -0.25) is 14.4 Å². The number of benzene rings is 2. The van der Waals surface area contributed by atoms with Gasteiger partial charge in [-0.2, -0.15) is 0 Å². The Kier molecular flexibility index (Phi) is 7.21. The standard InChI is InChI=1S/C19H18Cl2N2O4/c1-23(2)19(26)13-4-6-14(7-5-13)22-17(24)11-27-18(25)10-12-3-8-15(20)16(21)9-12/h3-9H,10-11H2,1-2H3,(H,22,24). The summed E-state index contributed by atoms with van der Waals surface area (Å²) < 4.78 is 4.96. The van der Waals surface area contributed by atoms with E-state index in [1.54, 1.807) is 56.6 Å². The van der Waals surface area contributed by atoms with Crippen molar-refractivity contribution in [1.82, 2.24) is 4.90 Å². The fraction of sp³-hybridized carbons (Fsp3) is 0.211. The quantitative estimate of drug-likeness (QED) is 0.742. The van der Waals surface area contributed by atoms with Gasteiger partial charge in [0, 0.05) is 25.3 Å². The zero-order valence-corrected chi connectivity index (χ0v) is 16.3. The summed E-state index contributed by atoms with van der Waals surface area (Å²) in [6.45, 7) is -0.418. The fourth-order valence-corrected chi connectivity index (χ4v) is 2.49. The van der Waals surface area contributed by atoms with E-state index in [-0.39, 0.29) is 12.3 Å². The zero-order valence-electron chi connectivity index (χ0n) is 14.8. The molecule has 2 aromatic rings. The van der Waals surface area contributed by atoms with Gasteiger partial charge in [0.15, 0.2) is 6.61 Å². The summed E-state index contributed by atoms with van der Waals surface area (Å²) in [4.78, 5) is 37.0. The topological polar surface area (TPSA) is 75.7 Å². The molecule has 2 aromatic carbocycles. The van der Waals surface area contributed by atoms with Gasteiger partial charge in [0.05, 0.1) is 16.5 Å². The van der Waals surface area contributed by atoms with Crippen LogP contribution in [0.4, 0.5) is 5.69 Å². The minimum absolute atomic E-state index is 0.0223. The van der Waals surface area contributed by atoms with Crippen molar-refractivity contribution < 1.29 is 19.1 Å². The Hall–Kier alpha value is -2.57. The largest absolute Gasteiger partial charge is 0.455 e. The molecule has 8 heteroatoms. The highest BCUT2D eigenvalue weighted by molar-refractivity contribution is 6.42. The van der Waals surface area contributed by atoms with Crippen LogP contribution >= 0.6 is 23.2 Å². The molecule has 27 heavy (non-hydrogen) atoms. The summed E-state index contributed by atoms with van der Waals surface area (Å²) in [5.74, 6) is -1.18. The van der Waals surface area contributed by atoms with Crippen LogP contribution in [0.1, 0.15) is 15.9 Å².